The molecular weight excluding hydrogens is 456 g/mol. The van der Waals surface area contributed by atoms with Gasteiger partial charge in [0.25, 0.3) is 11.7 Å². The number of Topliss-reactive ketones (excluding diaryl/α,β-unsaturated/α-hetero) is 1. The van der Waals surface area contributed by atoms with Gasteiger partial charge in [-0.1, -0.05) is 32.0 Å². The standard InChI is InChI=1S/C29H32N2O5/c1-17(2)16-36-24-11-10-19(13-18(24)3)27(32)25-26(22-14-30-23-9-5-4-8-21(22)23)31(29(34)28(25)33)15-20-7-6-12-35-20/h4-5,8-11,13-14,17,20,26,30,32H,6-7,12,15-16H2,1-3H3/b27-25+. The summed E-state index contributed by atoms with van der Waals surface area (Å²) in [5, 5.41) is 12.4. The van der Waals surface area contributed by atoms with E-state index in [0.29, 0.717) is 31.2 Å². The monoisotopic (exact) mass is 488 g/mol. The summed E-state index contributed by atoms with van der Waals surface area (Å²) in [5.41, 5.74) is 3.09. The fourth-order valence-corrected chi connectivity index (χ4v) is 5.09. The summed E-state index contributed by atoms with van der Waals surface area (Å²) < 4.78 is 11.7. The first kappa shape index (κ1) is 24.1. The number of aliphatic hydroxyl groups is 1. The van der Waals surface area contributed by atoms with Gasteiger partial charge in [0, 0.05) is 41.4 Å². The topological polar surface area (TPSA) is 91.9 Å². The minimum absolute atomic E-state index is 0.0954. The van der Waals surface area contributed by atoms with Gasteiger partial charge in [-0.25, -0.2) is 0 Å². The molecule has 0 saturated carbocycles. The highest BCUT2D eigenvalue weighted by atomic mass is 16.5. The van der Waals surface area contributed by atoms with Gasteiger partial charge in [0.2, 0.25) is 0 Å². The lowest BCUT2D eigenvalue weighted by Crippen LogP contribution is -2.36. The van der Waals surface area contributed by atoms with Crippen LogP contribution < -0.4 is 4.74 Å². The van der Waals surface area contributed by atoms with Crippen molar-refractivity contribution in [3.63, 3.8) is 0 Å². The Kier molecular flexibility index (Phi) is 6.58. The van der Waals surface area contributed by atoms with E-state index in [9.17, 15) is 14.7 Å². The van der Waals surface area contributed by atoms with Gasteiger partial charge in [0.05, 0.1) is 24.3 Å². The number of nitrogens with one attached hydrogen (secondary N) is 1. The van der Waals surface area contributed by atoms with Crippen LogP contribution in [0.5, 0.6) is 5.75 Å². The van der Waals surface area contributed by atoms with Crippen LogP contribution >= 0.6 is 0 Å². The zero-order valence-electron chi connectivity index (χ0n) is 20.9. The van der Waals surface area contributed by atoms with Gasteiger partial charge in [0.1, 0.15) is 11.5 Å². The van der Waals surface area contributed by atoms with E-state index in [4.69, 9.17) is 9.47 Å². The van der Waals surface area contributed by atoms with E-state index in [1.54, 1.807) is 23.1 Å². The minimum atomic E-state index is -0.720. The zero-order chi connectivity index (χ0) is 25.4. The molecule has 1 aromatic heterocycles. The summed E-state index contributed by atoms with van der Waals surface area (Å²) in [4.78, 5) is 31.5. The Morgan fingerprint density at radius 1 is 1.22 bits per heavy atom. The molecule has 0 bridgehead atoms. The first-order valence-electron chi connectivity index (χ1n) is 12.5. The van der Waals surface area contributed by atoms with E-state index in [-0.39, 0.29) is 17.4 Å². The van der Waals surface area contributed by atoms with Gasteiger partial charge in [-0.3, -0.25) is 9.59 Å². The van der Waals surface area contributed by atoms with Crippen molar-refractivity contribution in [1.82, 2.24) is 9.88 Å². The van der Waals surface area contributed by atoms with Gasteiger partial charge < -0.3 is 24.5 Å². The van der Waals surface area contributed by atoms with E-state index < -0.39 is 17.7 Å². The molecular formula is C29H32N2O5. The fourth-order valence-electron chi connectivity index (χ4n) is 5.09. The summed E-state index contributed by atoms with van der Waals surface area (Å²) in [6, 6.07) is 12.4. The molecule has 7 nitrogen and oxygen atoms in total. The fraction of sp³-hybridized carbons (Fsp3) is 0.379. The SMILES string of the molecule is Cc1cc(/C(O)=C2\C(=O)C(=O)N(CC3CCCO3)C2c2c[nH]c3ccccc23)ccc1OCC(C)C. The van der Waals surface area contributed by atoms with E-state index in [1.807, 2.05) is 37.4 Å². The Hall–Kier alpha value is -3.58. The molecule has 2 saturated heterocycles. The predicted octanol–water partition coefficient (Wildman–Crippen LogP) is 5.11. The number of aliphatic hydroxyl groups excluding tert-OH is 1. The summed E-state index contributed by atoms with van der Waals surface area (Å²) in [6.07, 6.45) is 3.46. The third-order valence-electron chi connectivity index (χ3n) is 6.90. The Bertz CT molecular complexity index is 1330. The molecule has 188 valence electrons. The third-order valence-corrected chi connectivity index (χ3v) is 6.90. The average Bonchev–Trinajstić information content (AvgIpc) is 3.58. The minimum Gasteiger partial charge on any atom is -0.507 e. The van der Waals surface area contributed by atoms with Crippen LogP contribution in [0.2, 0.25) is 0 Å². The van der Waals surface area contributed by atoms with Crippen molar-refractivity contribution in [2.24, 2.45) is 5.92 Å². The number of para-hydroxylation sites is 1. The maximum atomic E-state index is 13.4. The van der Waals surface area contributed by atoms with Crippen molar-refractivity contribution in [2.75, 3.05) is 19.8 Å². The highest BCUT2D eigenvalue weighted by Crippen LogP contribution is 2.42. The molecule has 0 aliphatic carbocycles. The van der Waals surface area contributed by atoms with Crippen LogP contribution in [0, 0.1) is 12.8 Å². The molecule has 2 N–H and O–H groups in total. The number of hydrogen-bond donors (Lipinski definition) is 2. The van der Waals surface area contributed by atoms with Crippen molar-refractivity contribution >= 4 is 28.4 Å². The molecule has 5 rings (SSSR count). The predicted molar refractivity (Wildman–Crippen MR) is 138 cm³/mol. The summed E-state index contributed by atoms with van der Waals surface area (Å²) in [7, 11) is 0. The molecule has 0 radical (unpaired) electrons. The number of H-pyrrole nitrogens is 1. The van der Waals surface area contributed by atoms with E-state index in [1.165, 1.54) is 0 Å². The number of aryl methyl sites for hydroxylation is 1. The summed E-state index contributed by atoms with van der Waals surface area (Å²) >= 11 is 0. The maximum absolute atomic E-state index is 13.4. The second-order valence-corrected chi connectivity index (χ2v) is 10.1. The van der Waals surface area contributed by atoms with Gasteiger partial charge in [-0.2, -0.15) is 0 Å². The van der Waals surface area contributed by atoms with Gasteiger partial charge in [0.15, 0.2) is 0 Å². The molecule has 0 spiro atoms. The van der Waals surface area contributed by atoms with Crippen molar-refractivity contribution in [2.45, 2.75) is 45.8 Å². The number of aromatic nitrogens is 1. The number of fused-ring (bicyclic) bond motifs is 1. The number of ketones is 1. The Labute approximate surface area is 210 Å². The number of aromatic amines is 1. The molecule has 3 aromatic rings. The second kappa shape index (κ2) is 9.82. The van der Waals surface area contributed by atoms with Crippen LogP contribution in [0.25, 0.3) is 16.7 Å². The number of rotatable bonds is 7. The Morgan fingerprint density at radius 3 is 2.75 bits per heavy atom. The number of hydrogen-bond acceptors (Lipinski definition) is 5. The first-order chi connectivity index (χ1) is 17.3. The Balaban J connectivity index is 1.60. The smallest absolute Gasteiger partial charge is 0.295 e. The Morgan fingerprint density at radius 2 is 2.03 bits per heavy atom. The van der Waals surface area contributed by atoms with Crippen LogP contribution in [0.1, 0.15) is 49.4 Å². The summed E-state index contributed by atoms with van der Waals surface area (Å²) in [6.45, 7) is 7.59. The van der Waals surface area contributed by atoms with Crippen molar-refractivity contribution < 1.29 is 24.2 Å². The first-order valence-corrected chi connectivity index (χ1v) is 12.5. The lowest BCUT2D eigenvalue weighted by atomic mass is 9.94. The van der Waals surface area contributed by atoms with E-state index in [0.717, 1.165) is 40.6 Å². The highest BCUT2D eigenvalue weighted by Gasteiger charge is 2.47. The van der Waals surface area contributed by atoms with Crippen LogP contribution in [0.3, 0.4) is 0 Å². The maximum Gasteiger partial charge on any atom is 0.295 e. The molecule has 1 amide bonds. The number of carbonyl (C=O) groups is 2. The normalized spacial score (nSPS) is 21.7. The molecule has 36 heavy (non-hydrogen) atoms. The largest absolute Gasteiger partial charge is 0.507 e. The quantitative estimate of drug-likeness (QED) is 0.274. The van der Waals surface area contributed by atoms with Crippen molar-refractivity contribution in [3.05, 3.63) is 70.9 Å². The molecule has 2 aliphatic heterocycles. The number of benzene rings is 2. The number of amides is 1. The second-order valence-electron chi connectivity index (χ2n) is 10.1. The molecule has 2 atom stereocenters. The van der Waals surface area contributed by atoms with Gasteiger partial charge in [-0.15, -0.1) is 0 Å². The number of nitrogens with zero attached hydrogens (tertiary/aromatic N) is 1. The number of likely N-dealkylation sites (tertiary alicyclic amines) is 1. The zero-order valence-corrected chi connectivity index (χ0v) is 20.9. The van der Waals surface area contributed by atoms with Gasteiger partial charge >= 0.3 is 0 Å². The molecule has 2 aromatic carbocycles. The van der Waals surface area contributed by atoms with Crippen LogP contribution in [-0.2, 0) is 14.3 Å². The molecule has 7 heteroatoms. The van der Waals surface area contributed by atoms with E-state index >= 15 is 0 Å². The molecule has 2 unspecified atom stereocenters. The van der Waals surface area contributed by atoms with Crippen LogP contribution in [-0.4, -0.2) is 52.5 Å². The molecule has 2 aliphatic rings. The van der Waals surface area contributed by atoms with Crippen LogP contribution in [0.4, 0.5) is 0 Å². The lowest BCUT2D eigenvalue weighted by Gasteiger charge is -2.27. The molecule has 2 fully saturated rings. The number of carbonyl (C=O) groups excluding carboxylic acids is 2. The third kappa shape index (κ3) is 4.39. The van der Waals surface area contributed by atoms with Crippen LogP contribution in [0.15, 0.2) is 54.2 Å². The number of ether oxygens (including phenoxy) is 2. The van der Waals surface area contributed by atoms with Crippen molar-refractivity contribution in [1.29, 1.82) is 0 Å². The molecule has 3 heterocycles. The highest BCUT2D eigenvalue weighted by molar-refractivity contribution is 6.46. The van der Waals surface area contributed by atoms with E-state index in [2.05, 4.69) is 18.8 Å². The van der Waals surface area contributed by atoms with Crippen molar-refractivity contribution in [3.8, 4) is 5.75 Å². The van der Waals surface area contributed by atoms with Gasteiger partial charge in [-0.05, 0) is 55.5 Å². The summed E-state index contributed by atoms with van der Waals surface area (Å²) in [5.74, 6) is -0.368. The average molecular weight is 489 g/mol. The lowest BCUT2D eigenvalue weighted by molar-refractivity contribution is -0.140.